The number of aromatic amines is 1. The van der Waals surface area contributed by atoms with Gasteiger partial charge in [0.15, 0.2) is 0 Å². The quantitative estimate of drug-likeness (QED) is 0.626. The van der Waals surface area contributed by atoms with Crippen molar-refractivity contribution >= 4 is 28.6 Å². The lowest BCUT2D eigenvalue weighted by atomic mass is 10.1. The van der Waals surface area contributed by atoms with Crippen molar-refractivity contribution in [3.8, 4) is 0 Å². The zero-order valence-electron chi connectivity index (χ0n) is 8.53. The highest BCUT2D eigenvalue weighted by atomic mass is 32.2. The highest BCUT2D eigenvalue weighted by Crippen LogP contribution is 2.26. The van der Waals surface area contributed by atoms with E-state index in [4.69, 9.17) is 0 Å². The Hall–Kier alpha value is -1.42. The monoisotopic (exact) mass is 221 g/mol. The lowest BCUT2D eigenvalue weighted by Gasteiger charge is -1.99. The van der Waals surface area contributed by atoms with Crippen LogP contribution in [0.25, 0.3) is 10.9 Å². The van der Waals surface area contributed by atoms with Crippen molar-refractivity contribution in [2.45, 2.75) is 4.90 Å². The lowest BCUT2D eigenvalue weighted by Crippen LogP contribution is -2.00. The Morgan fingerprint density at radius 3 is 2.93 bits per heavy atom. The van der Waals surface area contributed by atoms with Crippen LogP contribution in [0.2, 0.25) is 0 Å². The molecule has 0 spiro atoms. The molecule has 0 aliphatic carbocycles. The second-order valence-electron chi connectivity index (χ2n) is 3.11. The molecule has 4 heteroatoms. The Bertz CT molecular complexity index is 504. The van der Waals surface area contributed by atoms with Gasteiger partial charge in [-0.05, 0) is 24.5 Å². The molecule has 0 atom stereocenters. The number of hydrogen-bond donors (Lipinski definition) is 1. The average Bonchev–Trinajstić information content (AvgIpc) is 2.69. The van der Waals surface area contributed by atoms with Gasteiger partial charge in [-0.3, -0.25) is 0 Å². The van der Waals surface area contributed by atoms with Gasteiger partial charge in [-0.1, -0.05) is 0 Å². The van der Waals surface area contributed by atoms with E-state index in [1.807, 2.05) is 24.6 Å². The first-order valence-corrected chi connectivity index (χ1v) is 5.72. The summed E-state index contributed by atoms with van der Waals surface area (Å²) in [7, 11) is 1.39. The summed E-state index contributed by atoms with van der Waals surface area (Å²) in [6.45, 7) is 0. The molecule has 0 saturated carbocycles. The van der Waals surface area contributed by atoms with E-state index in [9.17, 15) is 4.79 Å². The fraction of sp³-hybridized carbons (Fsp3) is 0.182. The lowest BCUT2D eigenvalue weighted by molar-refractivity contribution is 0.0601. The van der Waals surface area contributed by atoms with E-state index in [0.717, 1.165) is 15.8 Å². The van der Waals surface area contributed by atoms with Gasteiger partial charge < -0.3 is 9.72 Å². The van der Waals surface area contributed by atoms with Crippen molar-refractivity contribution in [3.05, 3.63) is 30.0 Å². The number of benzene rings is 1. The topological polar surface area (TPSA) is 42.1 Å². The first-order chi connectivity index (χ1) is 7.26. The summed E-state index contributed by atoms with van der Waals surface area (Å²) in [4.78, 5) is 15.6. The minimum atomic E-state index is -0.301. The number of hydrogen-bond acceptors (Lipinski definition) is 3. The van der Waals surface area contributed by atoms with Crippen molar-refractivity contribution in [2.75, 3.05) is 13.4 Å². The number of carbonyl (C=O) groups is 1. The molecule has 2 aromatic rings. The summed E-state index contributed by atoms with van der Waals surface area (Å²) in [6.07, 6.45) is 3.95. The standard InChI is InChI=1S/C11H11NO2S/c1-14-11(13)7-3-4-9-8(5-7)10(15-2)6-12-9/h3-6,12H,1-2H3. The normalized spacial score (nSPS) is 10.5. The van der Waals surface area contributed by atoms with Crippen LogP contribution in [0.15, 0.2) is 29.3 Å². The molecular formula is C11H11NO2S. The second kappa shape index (κ2) is 3.98. The van der Waals surface area contributed by atoms with Crippen LogP contribution >= 0.6 is 11.8 Å². The number of aromatic nitrogens is 1. The van der Waals surface area contributed by atoms with Crippen LogP contribution in [-0.2, 0) is 4.74 Å². The summed E-state index contributed by atoms with van der Waals surface area (Å²) >= 11 is 1.65. The van der Waals surface area contributed by atoms with Crippen LogP contribution in [0.4, 0.5) is 0 Å². The van der Waals surface area contributed by atoms with E-state index < -0.39 is 0 Å². The summed E-state index contributed by atoms with van der Waals surface area (Å²) in [5, 5.41) is 1.06. The first kappa shape index (κ1) is 10.1. The number of nitrogens with one attached hydrogen (secondary N) is 1. The highest BCUT2D eigenvalue weighted by molar-refractivity contribution is 7.98. The number of carbonyl (C=O) groups excluding carboxylic acids is 1. The van der Waals surface area contributed by atoms with Gasteiger partial charge in [0, 0.05) is 22.0 Å². The Balaban J connectivity index is 2.57. The molecule has 0 amide bonds. The fourth-order valence-corrected chi connectivity index (χ4v) is 2.07. The number of rotatable bonds is 2. The molecule has 0 radical (unpaired) electrons. The van der Waals surface area contributed by atoms with Gasteiger partial charge in [0.2, 0.25) is 0 Å². The van der Waals surface area contributed by atoms with Gasteiger partial charge in [-0.15, -0.1) is 11.8 Å². The predicted molar refractivity (Wildman–Crippen MR) is 61.4 cm³/mol. The minimum absolute atomic E-state index is 0.301. The Labute approximate surface area is 91.8 Å². The molecular weight excluding hydrogens is 210 g/mol. The molecule has 3 nitrogen and oxygen atoms in total. The summed E-state index contributed by atoms with van der Waals surface area (Å²) in [6, 6.07) is 5.50. The first-order valence-electron chi connectivity index (χ1n) is 4.49. The Morgan fingerprint density at radius 2 is 2.27 bits per heavy atom. The molecule has 0 unspecified atom stereocenters. The molecule has 0 saturated heterocycles. The van der Waals surface area contributed by atoms with Crippen LogP contribution in [0.3, 0.4) is 0 Å². The molecule has 2 rings (SSSR count). The summed E-state index contributed by atoms with van der Waals surface area (Å²) < 4.78 is 4.68. The van der Waals surface area contributed by atoms with E-state index in [1.165, 1.54) is 7.11 Å². The van der Waals surface area contributed by atoms with Gasteiger partial charge in [0.25, 0.3) is 0 Å². The minimum Gasteiger partial charge on any atom is -0.465 e. The summed E-state index contributed by atoms with van der Waals surface area (Å²) in [5.41, 5.74) is 1.62. The number of methoxy groups -OCH3 is 1. The molecule has 15 heavy (non-hydrogen) atoms. The molecule has 0 aliphatic heterocycles. The number of fused-ring (bicyclic) bond motifs is 1. The SMILES string of the molecule is COC(=O)c1ccc2[nH]cc(SC)c2c1. The van der Waals surface area contributed by atoms with Crippen molar-refractivity contribution in [1.82, 2.24) is 4.98 Å². The molecule has 0 fully saturated rings. The number of H-pyrrole nitrogens is 1. The zero-order valence-corrected chi connectivity index (χ0v) is 9.35. The van der Waals surface area contributed by atoms with E-state index >= 15 is 0 Å². The number of ether oxygens (including phenoxy) is 1. The van der Waals surface area contributed by atoms with Crippen LogP contribution in [0, 0.1) is 0 Å². The Morgan fingerprint density at radius 1 is 1.47 bits per heavy atom. The highest BCUT2D eigenvalue weighted by Gasteiger charge is 2.08. The zero-order chi connectivity index (χ0) is 10.8. The van der Waals surface area contributed by atoms with Crippen LogP contribution in [0.1, 0.15) is 10.4 Å². The van der Waals surface area contributed by atoms with Crippen LogP contribution in [0.5, 0.6) is 0 Å². The van der Waals surface area contributed by atoms with Gasteiger partial charge in [-0.2, -0.15) is 0 Å². The third kappa shape index (κ3) is 1.72. The second-order valence-corrected chi connectivity index (χ2v) is 3.96. The molecule has 78 valence electrons. The van der Waals surface area contributed by atoms with Gasteiger partial charge in [0.1, 0.15) is 0 Å². The molecule has 1 heterocycles. The third-order valence-corrected chi connectivity index (χ3v) is 3.06. The molecule has 1 N–H and O–H groups in total. The van der Waals surface area contributed by atoms with E-state index in [1.54, 1.807) is 17.8 Å². The third-order valence-electron chi connectivity index (χ3n) is 2.28. The fourth-order valence-electron chi connectivity index (χ4n) is 1.51. The maximum absolute atomic E-state index is 11.3. The van der Waals surface area contributed by atoms with Crippen LogP contribution < -0.4 is 0 Å². The maximum Gasteiger partial charge on any atom is 0.337 e. The van der Waals surface area contributed by atoms with E-state index in [-0.39, 0.29) is 5.97 Å². The predicted octanol–water partition coefficient (Wildman–Crippen LogP) is 2.68. The molecule has 0 aliphatic rings. The van der Waals surface area contributed by atoms with E-state index in [2.05, 4.69) is 9.72 Å². The van der Waals surface area contributed by atoms with Crippen molar-refractivity contribution < 1.29 is 9.53 Å². The molecule has 0 bridgehead atoms. The van der Waals surface area contributed by atoms with Crippen LogP contribution in [-0.4, -0.2) is 24.3 Å². The molecule has 1 aromatic heterocycles. The molecule has 1 aromatic carbocycles. The number of thioether (sulfide) groups is 1. The smallest absolute Gasteiger partial charge is 0.337 e. The summed E-state index contributed by atoms with van der Waals surface area (Å²) in [5.74, 6) is -0.301. The number of esters is 1. The Kier molecular flexibility index (Phi) is 2.68. The van der Waals surface area contributed by atoms with Crippen molar-refractivity contribution in [1.29, 1.82) is 0 Å². The van der Waals surface area contributed by atoms with Crippen molar-refractivity contribution in [2.24, 2.45) is 0 Å². The average molecular weight is 221 g/mol. The van der Waals surface area contributed by atoms with Gasteiger partial charge in [-0.25, -0.2) is 4.79 Å². The van der Waals surface area contributed by atoms with Crippen molar-refractivity contribution in [3.63, 3.8) is 0 Å². The van der Waals surface area contributed by atoms with Gasteiger partial charge in [0.05, 0.1) is 12.7 Å². The van der Waals surface area contributed by atoms with E-state index in [0.29, 0.717) is 5.56 Å². The maximum atomic E-state index is 11.3. The largest absolute Gasteiger partial charge is 0.465 e. The van der Waals surface area contributed by atoms with Gasteiger partial charge >= 0.3 is 5.97 Å².